The van der Waals surface area contributed by atoms with Gasteiger partial charge in [-0.3, -0.25) is 4.79 Å². The van der Waals surface area contributed by atoms with Gasteiger partial charge in [-0.05, 0) is 37.0 Å². The summed E-state index contributed by atoms with van der Waals surface area (Å²) in [7, 11) is -3.43. The van der Waals surface area contributed by atoms with Crippen LogP contribution >= 0.6 is 11.3 Å². The number of hydrogen-bond acceptors (Lipinski definition) is 5. The summed E-state index contributed by atoms with van der Waals surface area (Å²) in [6.45, 7) is 5.12. The first-order chi connectivity index (χ1) is 11.4. The van der Waals surface area contributed by atoms with Crippen molar-refractivity contribution in [2.75, 3.05) is 18.4 Å². The van der Waals surface area contributed by atoms with Crippen molar-refractivity contribution >= 4 is 42.6 Å². The smallest absolute Gasteiger partial charge is 0.243 e. The molecule has 0 atom stereocenters. The lowest BCUT2D eigenvalue weighted by molar-refractivity contribution is -0.116. The van der Waals surface area contributed by atoms with Crippen LogP contribution in [0, 0.1) is 5.92 Å². The summed E-state index contributed by atoms with van der Waals surface area (Å²) in [5, 5.41) is 3.29. The number of hydrogen-bond donors (Lipinski definition) is 1. The fourth-order valence-corrected chi connectivity index (χ4v) is 5.28. The van der Waals surface area contributed by atoms with Gasteiger partial charge in [-0.25, -0.2) is 13.4 Å². The number of carbonyl (C=O) groups is 1. The molecule has 0 spiro atoms. The highest BCUT2D eigenvalue weighted by Crippen LogP contribution is 2.30. The standard InChI is InChI=1S/C16H21N3O3S2/c1-11(2)9-15(20)18-16-17-13-6-5-12(10-14(13)23-16)24(21,22)19-7-3-4-8-19/h5-6,10-11H,3-4,7-9H2,1-2H3,(H,17,18,20). The zero-order chi connectivity index (χ0) is 17.3. The Kier molecular flexibility index (Phi) is 4.89. The molecule has 1 aromatic carbocycles. The molecule has 0 aliphatic carbocycles. The molecule has 1 fully saturated rings. The van der Waals surface area contributed by atoms with Crippen LogP contribution in [0.1, 0.15) is 33.1 Å². The molecule has 1 aromatic heterocycles. The van der Waals surface area contributed by atoms with Crippen LogP contribution in [0.25, 0.3) is 10.2 Å². The molecule has 8 heteroatoms. The molecule has 1 saturated heterocycles. The minimum atomic E-state index is -3.43. The van der Waals surface area contributed by atoms with E-state index >= 15 is 0 Å². The molecule has 2 aromatic rings. The number of carbonyl (C=O) groups excluding carboxylic acids is 1. The van der Waals surface area contributed by atoms with Gasteiger partial charge in [0.1, 0.15) is 0 Å². The first kappa shape index (κ1) is 17.3. The Morgan fingerprint density at radius 2 is 2.04 bits per heavy atom. The van der Waals surface area contributed by atoms with E-state index in [1.165, 1.54) is 15.6 Å². The summed E-state index contributed by atoms with van der Waals surface area (Å²) in [5.74, 6) is 0.200. The Bertz CT molecular complexity index is 853. The van der Waals surface area contributed by atoms with Crippen molar-refractivity contribution in [3.8, 4) is 0 Å². The highest BCUT2D eigenvalue weighted by atomic mass is 32.2. The van der Waals surface area contributed by atoms with E-state index < -0.39 is 10.0 Å². The van der Waals surface area contributed by atoms with Gasteiger partial charge in [0.05, 0.1) is 15.1 Å². The highest BCUT2D eigenvalue weighted by Gasteiger charge is 2.27. The lowest BCUT2D eigenvalue weighted by Gasteiger charge is -2.15. The fourth-order valence-electron chi connectivity index (χ4n) is 2.74. The minimum Gasteiger partial charge on any atom is -0.302 e. The number of sulfonamides is 1. The van der Waals surface area contributed by atoms with Crippen LogP contribution in [0.4, 0.5) is 5.13 Å². The highest BCUT2D eigenvalue weighted by molar-refractivity contribution is 7.89. The topological polar surface area (TPSA) is 79.4 Å². The predicted octanol–water partition coefficient (Wildman–Crippen LogP) is 3.07. The third-order valence-corrected chi connectivity index (χ3v) is 6.73. The van der Waals surface area contributed by atoms with Crippen molar-refractivity contribution in [2.24, 2.45) is 5.92 Å². The molecule has 1 amide bonds. The normalized spacial score (nSPS) is 16.1. The third kappa shape index (κ3) is 3.60. The van der Waals surface area contributed by atoms with Crippen LogP contribution in [0.2, 0.25) is 0 Å². The molecule has 3 rings (SSSR count). The van der Waals surface area contributed by atoms with Crippen molar-refractivity contribution in [2.45, 2.75) is 38.0 Å². The van der Waals surface area contributed by atoms with Gasteiger partial charge in [0.15, 0.2) is 5.13 Å². The van der Waals surface area contributed by atoms with Crippen molar-refractivity contribution in [3.05, 3.63) is 18.2 Å². The summed E-state index contributed by atoms with van der Waals surface area (Å²) in [5.41, 5.74) is 0.695. The number of amides is 1. The van der Waals surface area contributed by atoms with Gasteiger partial charge >= 0.3 is 0 Å². The Morgan fingerprint density at radius 3 is 2.71 bits per heavy atom. The van der Waals surface area contributed by atoms with Crippen LogP contribution in [0.3, 0.4) is 0 Å². The fraction of sp³-hybridized carbons (Fsp3) is 0.500. The Morgan fingerprint density at radius 1 is 1.33 bits per heavy atom. The van der Waals surface area contributed by atoms with E-state index in [1.807, 2.05) is 13.8 Å². The summed E-state index contributed by atoms with van der Waals surface area (Å²) in [6, 6.07) is 4.95. The van der Waals surface area contributed by atoms with E-state index in [2.05, 4.69) is 10.3 Å². The summed E-state index contributed by atoms with van der Waals surface area (Å²) in [4.78, 5) is 16.5. The number of aromatic nitrogens is 1. The van der Waals surface area contributed by atoms with E-state index in [-0.39, 0.29) is 11.8 Å². The number of rotatable bonds is 5. The second-order valence-electron chi connectivity index (χ2n) is 6.41. The number of fused-ring (bicyclic) bond motifs is 1. The van der Waals surface area contributed by atoms with Crippen molar-refractivity contribution in [1.82, 2.24) is 9.29 Å². The molecular formula is C16H21N3O3S2. The maximum Gasteiger partial charge on any atom is 0.243 e. The second kappa shape index (κ2) is 6.78. The average Bonchev–Trinajstić information content (AvgIpc) is 3.14. The van der Waals surface area contributed by atoms with Crippen molar-refractivity contribution in [3.63, 3.8) is 0 Å². The predicted molar refractivity (Wildman–Crippen MR) is 95.7 cm³/mol. The molecule has 1 aliphatic heterocycles. The number of nitrogens with zero attached hydrogens (tertiary/aromatic N) is 2. The molecule has 0 bridgehead atoms. The molecule has 0 unspecified atom stereocenters. The Labute approximate surface area is 145 Å². The van der Waals surface area contributed by atoms with Gasteiger partial charge < -0.3 is 5.32 Å². The maximum absolute atomic E-state index is 12.6. The summed E-state index contributed by atoms with van der Waals surface area (Å²) >= 11 is 1.30. The van der Waals surface area contributed by atoms with Gasteiger partial charge in [-0.1, -0.05) is 25.2 Å². The quantitative estimate of drug-likeness (QED) is 0.881. The van der Waals surface area contributed by atoms with Gasteiger partial charge in [-0.15, -0.1) is 0 Å². The average molecular weight is 367 g/mol. The number of nitrogens with one attached hydrogen (secondary N) is 1. The molecule has 2 heterocycles. The lowest BCUT2D eigenvalue weighted by atomic mass is 10.1. The van der Waals surface area contributed by atoms with Gasteiger partial charge in [0.2, 0.25) is 15.9 Å². The molecule has 24 heavy (non-hydrogen) atoms. The molecule has 1 aliphatic rings. The molecule has 1 N–H and O–H groups in total. The van der Waals surface area contributed by atoms with Gasteiger partial charge in [0.25, 0.3) is 0 Å². The van der Waals surface area contributed by atoms with Crippen LogP contribution in [-0.4, -0.2) is 36.7 Å². The minimum absolute atomic E-state index is 0.0750. The van der Waals surface area contributed by atoms with Crippen LogP contribution in [-0.2, 0) is 14.8 Å². The molecular weight excluding hydrogens is 346 g/mol. The largest absolute Gasteiger partial charge is 0.302 e. The molecule has 0 saturated carbocycles. The van der Waals surface area contributed by atoms with E-state index in [0.717, 1.165) is 17.5 Å². The first-order valence-electron chi connectivity index (χ1n) is 8.07. The van der Waals surface area contributed by atoms with E-state index in [4.69, 9.17) is 0 Å². The third-order valence-electron chi connectivity index (χ3n) is 3.90. The van der Waals surface area contributed by atoms with E-state index in [0.29, 0.717) is 35.1 Å². The first-order valence-corrected chi connectivity index (χ1v) is 10.3. The van der Waals surface area contributed by atoms with Crippen LogP contribution < -0.4 is 5.32 Å². The maximum atomic E-state index is 12.6. The SMILES string of the molecule is CC(C)CC(=O)Nc1nc2ccc(S(=O)(=O)N3CCCC3)cc2s1. The number of thiazole rings is 1. The second-order valence-corrected chi connectivity index (χ2v) is 9.37. The van der Waals surface area contributed by atoms with Crippen LogP contribution in [0.5, 0.6) is 0 Å². The van der Waals surface area contributed by atoms with Crippen LogP contribution in [0.15, 0.2) is 23.1 Å². The number of anilines is 1. The van der Waals surface area contributed by atoms with Gasteiger partial charge in [0, 0.05) is 19.5 Å². The van der Waals surface area contributed by atoms with Crippen molar-refractivity contribution in [1.29, 1.82) is 0 Å². The summed E-state index contributed by atoms with van der Waals surface area (Å²) < 4.78 is 27.5. The molecule has 130 valence electrons. The lowest BCUT2D eigenvalue weighted by Crippen LogP contribution is -2.27. The summed E-state index contributed by atoms with van der Waals surface area (Å²) in [6.07, 6.45) is 2.26. The molecule has 0 radical (unpaired) electrons. The van der Waals surface area contributed by atoms with E-state index in [9.17, 15) is 13.2 Å². The monoisotopic (exact) mass is 367 g/mol. The molecule has 6 nitrogen and oxygen atoms in total. The Hall–Kier alpha value is -1.51. The van der Waals surface area contributed by atoms with Gasteiger partial charge in [-0.2, -0.15) is 4.31 Å². The van der Waals surface area contributed by atoms with E-state index in [1.54, 1.807) is 18.2 Å². The zero-order valence-electron chi connectivity index (χ0n) is 13.8. The zero-order valence-corrected chi connectivity index (χ0v) is 15.4. The van der Waals surface area contributed by atoms with Crippen molar-refractivity contribution < 1.29 is 13.2 Å². The number of benzene rings is 1. The Balaban J connectivity index is 1.85.